The van der Waals surface area contributed by atoms with Gasteiger partial charge in [0.15, 0.2) is 0 Å². The van der Waals surface area contributed by atoms with E-state index >= 15 is 0 Å². The van der Waals surface area contributed by atoms with Gasteiger partial charge in [-0.15, -0.1) is 0 Å². The topological polar surface area (TPSA) is 38.3 Å². The van der Waals surface area contributed by atoms with Crippen molar-refractivity contribution in [2.75, 3.05) is 19.7 Å². The van der Waals surface area contributed by atoms with E-state index in [9.17, 15) is 4.39 Å². The number of aromatic nitrogens is 2. The highest BCUT2D eigenvalue weighted by atomic mass is 19.1. The van der Waals surface area contributed by atoms with E-state index in [4.69, 9.17) is 4.74 Å². The summed E-state index contributed by atoms with van der Waals surface area (Å²) >= 11 is 0. The van der Waals surface area contributed by atoms with E-state index in [1.165, 1.54) is 5.56 Å². The zero-order valence-corrected chi connectivity index (χ0v) is 17.0. The molecule has 2 atom stereocenters. The maximum absolute atomic E-state index is 14.1. The van der Waals surface area contributed by atoms with E-state index in [1.807, 2.05) is 6.07 Å². The fourth-order valence-electron chi connectivity index (χ4n) is 4.99. The molecule has 0 spiro atoms. The minimum atomic E-state index is -0.746. The SMILES string of the molecule is Cc1ccc(-c2ncnc3ccc(C)cc23)c(OC[C@@]23CCCN2C[C@H](F)C3)c1. The molecule has 150 valence electrons. The Bertz CT molecular complexity index is 1070. The first-order valence-electron chi connectivity index (χ1n) is 10.4. The van der Waals surface area contributed by atoms with Crippen molar-refractivity contribution in [2.24, 2.45) is 0 Å². The van der Waals surface area contributed by atoms with E-state index < -0.39 is 6.17 Å². The quantitative estimate of drug-likeness (QED) is 0.636. The molecule has 0 amide bonds. The lowest BCUT2D eigenvalue weighted by atomic mass is 9.94. The smallest absolute Gasteiger partial charge is 0.129 e. The molecule has 29 heavy (non-hydrogen) atoms. The standard InChI is InChI=1S/C24H26FN3O/c1-16-5-7-21-20(10-16)23(27-15-26-21)19-6-4-17(2)11-22(19)29-14-24-8-3-9-28(24)13-18(25)12-24/h4-7,10-11,15,18H,3,8-9,12-14H2,1-2H3/t18-,24+/m1/s1. The van der Waals surface area contributed by atoms with Crippen molar-refractivity contribution in [2.45, 2.75) is 44.8 Å². The largest absolute Gasteiger partial charge is 0.491 e. The van der Waals surface area contributed by atoms with Crippen molar-refractivity contribution in [1.82, 2.24) is 14.9 Å². The zero-order valence-electron chi connectivity index (χ0n) is 17.0. The van der Waals surface area contributed by atoms with E-state index in [0.717, 1.165) is 52.9 Å². The molecule has 2 aromatic carbocycles. The molecule has 2 saturated heterocycles. The second-order valence-electron chi connectivity index (χ2n) is 8.61. The van der Waals surface area contributed by atoms with Crippen LogP contribution in [0.15, 0.2) is 42.7 Å². The summed E-state index contributed by atoms with van der Waals surface area (Å²) in [6, 6.07) is 12.4. The summed E-state index contributed by atoms with van der Waals surface area (Å²) in [6.45, 7) is 6.17. The third-order valence-electron chi connectivity index (χ3n) is 6.44. The summed E-state index contributed by atoms with van der Waals surface area (Å²) in [5.41, 5.74) is 4.90. The molecule has 5 heteroatoms. The lowest BCUT2D eigenvalue weighted by molar-refractivity contribution is 0.114. The Balaban J connectivity index is 1.53. The zero-order chi connectivity index (χ0) is 20.0. The molecule has 0 bridgehead atoms. The number of ether oxygens (including phenoxy) is 1. The number of aryl methyl sites for hydroxylation is 2. The molecule has 0 N–H and O–H groups in total. The second-order valence-corrected chi connectivity index (χ2v) is 8.61. The molecule has 0 unspecified atom stereocenters. The van der Waals surface area contributed by atoms with Gasteiger partial charge in [-0.25, -0.2) is 14.4 Å². The number of hydrogen-bond donors (Lipinski definition) is 0. The Morgan fingerprint density at radius 2 is 1.97 bits per heavy atom. The van der Waals surface area contributed by atoms with Crippen molar-refractivity contribution in [3.8, 4) is 17.0 Å². The Morgan fingerprint density at radius 1 is 1.14 bits per heavy atom. The number of halogens is 1. The molecule has 4 nitrogen and oxygen atoms in total. The van der Waals surface area contributed by atoms with Gasteiger partial charge >= 0.3 is 0 Å². The van der Waals surface area contributed by atoms with E-state index in [2.05, 4.69) is 59.0 Å². The molecule has 3 heterocycles. The van der Waals surface area contributed by atoms with Gasteiger partial charge in [0.1, 0.15) is 24.9 Å². The number of nitrogens with zero attached hydrogens (tertiary/aromatic N) is 3. The van der Waals surface area contributed by atoms with Crippen molar-refractivity contribution < 1.29 is 9.13 Å². The maximum atomic E-state index is 14.1. The first-order chi connectivity index (χ1) is 14.0. The normalized spacial score (nSPS) is 24.2. The molecular formula is C24H26FN3O. The number of fused-ring (bicyclic) bond motifs is 2. The molecule has 0 aliphatic carbocycles. The van der Waals surface area contributed by atoms with Gasteiger partial charge in [-0.3, -0.25) is 4.90 Å². The average Bonchev–Trinajstić information content (AvgIpc) is 3.22. The van der Waals surface area contributed by atoms with Crippen LogP contribution < -0.4 is 4.74 Å². The van der Waals surface area contributed by atoms with Crippen LogP contribution >= 0.6 is 0 Å². The lowest BCUT2D eigenvalue weighted by Gasteiger charge is -2.31. The van der Waals surface area contributed by atoms with Crippen LogP contribution in [0.3, 0.4) is 0 Å². The van der Waals surface area contributed by atoms with Gasteiger partial charge in [0.2, 0.25) is 0 Å². The van der Waals surface area contributed by atoms with Crippen molar-refractivity contribution in [3.05, 3.63) is 53.9 Å². The number of benzene rings is 2. The lowest BCUT2D eigenvalue weighted by Crippen LogP contribution is -2.43. The summed E-state index contributed by atoms with van der Waals surface area (Å²) in [4.78, 5) is 11.3. The Hall–Kier alpha value is -2.53. The molecule has 2 aliphatic rings. The molecule has 1 aromatic heterocycles. The summed E-state index contributed by atoms with van der Waals surface area (Å²) in [5.74, 6) is 0.815. The Kier molecular flexibility index (Phi) is 4.50. The van der Waals surface area contributed by atoms with Gasteiger partial charge in [0, 0.05) is 23.9 Å². The Morgan fingerprint density at radius 3 is 2.86 bits per heavy atom. The monoisotopic (exact) mass is 391 g/mol. The summed E-state index contributed by atoms with van der Waals surface area (Å²) < 4.78 is 20.5. The number of alkyl halides is 1. The molecule has 5 rings (SSSR count). The minimum Gasteiger partial charge on any atom is -0.491 e. The summed E-state index contributed by atoms with van der Waals surface area (Å²) in [5, 5.41) is 1.02. The van der Waals surface area contributed by atoms with Crippen LogP contribution in [0.25, 0.3) is 22.2 Å². The summed E-state index contributed by atoms with van der Waals surface area (Å²) in [7, 11) is 0. The molecule has 2 aliphatic heterocycles. The van der Waals surface area contributed by atoms with Crippen LogP contribution in [-0.2, 0) is 0 Å². The van der Waals surface area contributed by atoms with Crippen LogP contribution in [-0.4, -0.2) is 46.3 Å². The Labute approximate surface area is 170 Å². The van der Waals surface area contributed by atoms with Crippen LogP contribution in [0.5, 0.6) is 5.75 Å². The van der Waals surface area contributed by atoms with Crippen LogP contribution in [0.2, 0.25) is 0 Å². The fraction of sp³-hybridized carbons (Fsp3) is 0.417. The predicted molar refractivity (Wildman–Crippen MR) is 113 cm³/mol. The highest BCUT2D eigenvalue weighted by molar-refractivity contribution is 5.94. The van der Waals surface area contributed by atoms with Crippen LogP contribution in [0, 0.1) is 13.8 Å². The predicted octanol–water partition coefficient (Wildman–Crippen LogP) is 4.87. The highest BCUT2D eigenvalue weighted by Crippen LogP contribution is 2.41. The van der Waals surface area contributed by atoms with E-state index in [1.54, 1.807) is 6.33 Å². The second kappa shape index (κ2) is 7.06. The van der Waals surface area contributed by atoms with Gasteiger partial charge in [0.05, 0.1) is 16.7 Å². The first kappa shape index (κ1) is 18.5. The number of hydrogen-bond acceptors (Lipinski definition) is 4. The van der Waals surface area contributed by atoms with Gasteiger partial charge in [-0.2, -0.15) is 0 Å². The van der Waals surface area contributed by atoms with Crippen LogP contribution in [0.1, 0.15) is 30.4 Å². The third-order valence-corrected chi connectivity index (χ3v) is 6.44. The van der Waals surface area contributed by atoms with E-state index in [-0.39, 0.29) is 5.54 Å². The van der Waals surface area contributed by atoms with Gasteiger partial charge in [0.25, 0.3) is 0 Å². The average molecular weight is 391 g/mol. The third kappa shape index (κ3) is 3.27. The summed E-state index contributed by atoms with van der Waals surface area (Å²) in [6.07, 6.45) is 3.56. The van der Waals surface area contributed by atoms with E-state index in [0.29, 0.717) is 19.6 Å². The molecule has 0 saturated carbocycles. The highest BCUT2D eigenvalue weighted by Gasteiger charge is 2.49. The van der Waals surface area contributed by atoms with Crippen molar-refractivity contribution >= 4 is 10.9 Å². The van der Waals surface area contributed by atoms with Gasteiger partial charge in [-0.05, 0) is 63.1 Å². The fourth-order valence-corrected chi connectivity index (χ4v) is 4.99. The molecule has 3 aromatic rings. The molecule has 2 fully saturated rings. The maximum Gasteiger partial charge on any atom is 0.129 e. The number of rotatable bonds is 4. The van der Waals surface area contributed by atoms with Gasteiger partial charge < -0.3 is 4.74 Å². The van der Waals surface area contributed by atoms with Crippen LogP contribution in [0.4, 0.5) is 4.39 Å². The van der Waals surface area contributed by atoms with Gasteiger partial charge in [-0.1, -0.05) is 17.7 Å². The molecular weight excluding hydrogens is 365 g/mol. The first-order valence-corrected chi connectivity index (χ1v) is 10.4. The minimum absolute atomic E-state index is 0.162. The molecule has 0 radical (unpaired) electrons. The van der Waals surface area contributed by atoms with Crippen molar-refractivity contribution in [3.63, 3.8) is 0 Å². The van der Waals surface area contributed by atoms with Crippen molar-refractivity contribution in [1.29, 1.82) is 0 Å².